The lowest BCUT2D eigenvalue weighted by Crippen LogP contribution is -2.37. The number of nitrogens with one attached hydrogen (secondary N) is 1. The van der Waals surface area contributed by atoms with E-state index in [0.29, 0.717) is 10.9 Å². The fraction of sp³-hybridized carbons (Fsp3) is 0.417. The molecule has 1 aromatic rings. The smallest absolute Gasteiger partial charge is 0.255 e. The van der Waals surface area contributed by atoms with Gasteiger partial charge in [-0.1, -0.05) is 34.5 Å². The van der Waals surface area contributed by atoms with Crippen LogP contribution in [0, 0.1) is 5.92 Å². The lowest BCUT2D eigenvalue weighted by atomic mass is 10.1. The Labute approximate surface area is 114 Å². The second-order valence-corrected chi connectivity index (χ2v) is 5.14. The Morgan fingerprint density at radius 2 is 2.18 bits per heavy atom. The van der Waals surface area contributed by atoms with Gasteiger partial charge in [-0.2, -0.15) is 0 Å². The molecule has 2 N–H and O–H groups in total. The van der Waals surface area contributed by atoms with E-state index in [4.69, 9.17) is 11.6 Å². The molecule has 1 amide bonds. The zero-order chi connectivity index (χ0) is 13.0. The molecule has 1 rings (SSSR count). The highest BCUT2D eigenvalue weighted by atomic mass is 79.9. The maximum absolute atomic E-state index is 11.9. The third-order valence-electron chi connectivity index (χ3n) is 2.66. The van der Waals surface area contributed by atoms with Gasteiger partial charge in [-0.25, -0.2) is 0 Å². The minimum Gasteiger partial charge on any atom is -0.507 e. The van der Waals surface area contributed by atoms with E-state index in [0.717, 1.165) is 5.33 Å². The number of benzene rings is 1. The molecule has 17 heavy (non-hydrogen) atoms. The molecule has 0 bridgehead atoms. The lowest BCUT2D eigenvalue weighted by molar-refractivity contribution is 0.0928. The van der Waals surface area contributed by atoms with Gasteiger partial charge < -0.3 is 10.4 Å². The fourth-order valence-electron chi connectivity index (χ4n) is 1.25. The number of halogens is 2. The summed E-state index contributed by atoms with van der Waals surface area (Å²) in [7, 11) is 0. The number of aromatic hydroxyl groups is 1. The van der Waals surface area contributed by atoms with Crippen molar-refractivity contribution in [3.8, 4) is 5.75 Å². The van der Waals surface area contributed by atoms with Crippen LogP contribution in [0.1, 0.15) is 24.2 Å². The number of carbonyl (C=O) groups excluding carboxylic acids is 1. The van der Waals surface area contributed by atoms with Crippen LogP contribution in [0.3, 0.4) is 0 Å². The van der Waals surface area contributed by atoms with E-state index in [1.165, 1.54) is 18.2 Å². The Kier molecular flexibility index (Phi) is 5.28. The molecule has 5 heteroatoms. The predicted octanol–water partition coefficient (Wildman–Crippen LogP) is 3.19. The first-order valence-electron chi connectivity index (χ1n) is 5.31. The molecule has 0 heterocycles. The topological polar surface area (TPSA) is 49.3 Å². The van der Waals surface area contributed by atoms with E-state index in [1.54, 1.807) is 0 Å². The minimum atomic E-state index is -0.315. The highest BCUT2D eigenvalue weighted by molar-refractivity contribution is 9.09. The van der Waals surface area contributed by atoms with Crippen LogP contribution in [-0.2, 0) is 0 Å². The maximum Gasteiger partial charge on any atom is 0.255 e. The quantitative estimate of drug-likeness (QED) is 0.837. The SMILES string of the molecule is CC(CBr)C(C)NC(=O)c1cc(Cl)ccc1O. The molecule has 94 valence electrons. The number of carbonyl (C=O) groups is 1. The second kappa shape index (κ2) is 6.26. The van der Waals surface area contributed by atoms with Gasteiger partial charge in [0.15, 0.2) is 0 Å². The highest BCUT2D eigenvalue weighted by Crippen LogP contribution is 2.21. The van der Waals surface area contributed by atoms with Crippen molar-refractivity contribution >= 4 is 33.4 Å². The van der Waals surface area contributed by atoms with Gasteiger partial charge in [0.2, 0.25) is 0 Å². The average Bonchev–Trinajstić information content (AvgIpc) is 2.30. The molecule has 0 spiro atoms. The van der Waals surface area contributed by atoms with Gasteiger partial charge in [-0.15, -0.1) is 0 Å². The minimum absolute atomic E-state index is 0.0141. The Bertz CT molecular complexity index is 411. The van der Waals surface area contributed by atoms with Crippen molar-refractivity contribution in [2.75, 3.05) is 5.33 Å². The number of phenolic OH excluding ortho intramolecular Hbond substituents is 1. The Morgan fingerprint density at radius 1 is 1.53 bits per heavy atom. The molecule has 0 fully saturated rings. The number of phenols is 1. The molecule has 2 unspecified atom stereocenters. The molecular weight excluding hydrogens is 305 g/mol. The molecule has 0 aliphatic heterocycles. The first-order valence-corrected chi connectivity index (χ1v) is 6.81. The van der Waals surface area contributed by atoms with Gasteiger partial charge in [-0.3, -0.25) is 4.79 Å². The summed E-state index contributed by atoms with van der Waals surface area (Å²) in [5, 5.41) is 13.6. The first kappa shape index (κ1) is 14.3. The Morgan fingerprint density at radius 3 is 2.76 bits per heavy atom. The maximum atomic E-state index is 11.9. The molecular formula is C12H15BrClNO2. The van der Waals surface area contributed by atoms with Gasteiger partial charge in [0.05, 0.1) is 5.56 Å². The molecule has 0 saturated heterocycles. The zero-order valence-corrected chi connectivity index (χ0v) is 12.0. The summed E-state index contributed by atoms with van der Waals surface area (Å²) >= 11 is 9.15. The monoisotopic (exact) mass is 319 g/mol. The van der Waals surface area contributed by atoms with Gasteiger partial charge in [-0.05, 0) is 31.0 Å². The van der Waals surface area contributed by atoms with Crippen molar-refractivity contribution in [2.24, 2.45) is 5.92 Å². The van der Waals surface area contributed by atoms with Crippen LogP contribution in [0.15, 0.2) is 18.2 Å². The van der Waals surface area contributed by atoms with Crippen LogP contribution in [0.2, 0.25) is 5.02 Å². The molecule has 3 nitrogen and oxygen atoms in total. The number of alkyl halides is 1. The summed E-state index contributed by atoms with van der Waals surface area (Å²) < 4.78 is 0. The molecule has 0 aromatic heterocycles. The predicted molar refractivity (Wildman–Crippen MR) is 73.0 cm³/mol. The summed E-state index contributed by atoms with van der Waals surface area (Å²) in [6.45, 7) is 3.95. The van der Waals surface area contributed by atoms with Crippen LogP contribution >= 0.6 is 27.5 Å². The number of amides is 1. The average molecular weight is 321 g/mol. The van der Waals surface area contributed by atoms with E-state index in [1.807, 2.05) is 13.8 Å². The number of hydrogen-bond donors (Lipinski definition) is 2. The van der Waals surface area contributed by atoms with Crippen LogP contribution in [-0.4, -0.2) is 22.4 Å². The molecule has 0 radical (unpaired) electrons. The van der Waals surface area contributed by atoms with Crippen LogP contribution < -0.4 is 5.32 Å². The molecule has 0 aliphatic rings. The highest BCUT2D eigenvalue weighted by Gasteiger charge is 2.17. The van der Waals surface area contributed by atoms with Crippen LogP contribution in [0.25, 0.3) is 0 Å². The third kappa shape index (κ3) is 3.89. The summed E-state index contributed by atoms with van der Waals surface area (Å²) in [4.78, 5) is 11.9. The van der Waals surface area contributed by atoms with Crippen molar-refractivity contribution in [3.63, 3.8) is 0 Å². The number of rotatable bonds is 4. The van der Waals surface area contributed by atoms with E-state index >= 15 is 0 Å². The van der Waals surface area contributed by atoms with E-state index in [2.05, 4.69) is 21.2 Å². The van der Waals surface area contributed by atoms with Gasteiger partial charge >= 0.3 is 0 Å². The van der Waals surface area contributed by atoms with Crippen molar-refractivity contribution in [3.05, 3.63) is 28.8 Å². The summed E-state index contributed by atoms with van der Waals surface area (Å²) in [6, 6.07) is 4.42. The normalized spacial score (nSPS) is 14.1. The van der Waals surface area contributed by atoms with E-state index in [9.17, 15) is 9.90 Å². The summed E-state index contributed by atoms with van der Waals surface area (Å²) in [5.41, 5.74) is 0.200. The molecule has 0 aliphatic carbocycles. The zero-order valence-electron chi connectivity index (χ0n) is 9.71. The first-order chi connectivity index (χ1) is 7.95. The summed E-state index contributed by atoms with van der Waals surface area (Å²) in [5.74, 6) is -0.0730. The van der Waals surface area contributed by atoms with E-state index in [-0.39, 0.29) is 23.3 Å². The van der Waals surface area contributed by atoms with Gasteiger partial charge in [0.25, 0.3) is 5.91 Å². The lowest BCUT2D eigenvalue weighted by Gasteiger charge is -2.19. The van der Waals surface area contributed by atoms with Crippen LogP contribution in [0.4, 0.5) is 0 Å². The van der Waals surface area contributed by atoms with E-state index < -0.39 is 0 Å². The molecule has 2 atom stereocenters. The van der Waals surface area contributed by atoms with Crippen molar-refractivity contribution in [1.29, 1.82) is 0 Å². The summed E-state index contributed by atoms with van der Waals surface area (Å²) in [6.07, 6.45) is 0. The Hall–Kier alpha value is -0.740. The number of hydrogen-bond acceptors (Lipinski definition) is 2. The van der Waals surface area contributed by atoms with Crippen molar-refractivity contribution in [1.82, 2.24) is 5.32 Å². The third-order valence-corrected chi connectivity index (χ3v) is 3.92. The molecule has 0 saturated carbocycles. The Balaban J connectivity index is 2.79. The van der Waals surface area contributed by atoms with Crippen molar-refractivity contribution < 1.29 is 9.90 Å². The van der Waals surface area contributed by atoms with Crippen molar-refractivity contribution in [2.45, 2.75) is 19.9 Å². The fourth-order valence-corrected chi connectivity index (χ4v) is 1.98. The second-order valence-electron chi connectivity index (χ2n) is 4.06. The largest absolute Gasteiger partial charge is 0.507 e. The van der Waals surface area contributed by atoms with Gasteiger partial charge in [0.1, 0.15) is 5.75 Å². The van der Waals surface area contributed by atoms with Gasteiger partial charge in [0, 0.05) is 16.4 Å². The standard InChI is InChI=1S/C12H15BrClNO2/c1-7(6-13)8(2)15-12(17)10-5-9(14)3-4-11(10)16/h3-5,7-8,16H,6H2,1-2H3,(H,15,17). The molecule has 1 aromatic carbocycles. The van der Waals surface area contributed by atoms with Crippen LogP contribution in [0.5, 0.6) is 5.75 Å².